The van der Waals surface area contributed by atoms with Gasteiger partial charge in [0.15, 0.2) is 12.6 Å². The average molecular weight is 497 g/mol. The highest BCUT2D eigenvalue weighted by atomic mass is 16.7. The first-order chi connectivity index (χ1) is 16.1. The number of carbonyl (C=O) groups is 2. The van der Waals surface area contributed by atoms with Gasteiger partial charge in [0.1, 0.15) is 48.8 Å². The second-order valence-corrected chi connectivity index (χ2v) is 8.32. The van der Waals surface area contributed by atoms with Crippen LogP contribution in [0.3, 0.4) is 0 Å². The summed E-state index contributed by atoms with van der Waals surface area (Å²) in [5.41, 5.74) is 0. The van der Waals surface area contributed by atoms with Gasteiger partial charge < -0.3 is 60.0 Å². The molecule has 0 bridgehead atoms. The Labute approximate surface area is 196 Å². The van der Waals surface area contributed by atoms with E-state index in [2.05, 4.69) is 5.32 Å². The minimum Gasteiger partial charge on any atom is -0.481 e. The monoisotopic (exact) mass is 497 g/mol. The zero-order valence-corrected chi connectivity index (χ0v) is 18.8. The number of aliphatic carboxylic acids is 1. The molecule has 2 aliphatic rings. The van der Waals surface area contributed by atoms with Gasteiger partial charge in [0, 0.05) is 20.0 Å². The van der Waals surface area contributed by atoms with Crippen LogP contribution in [0, 0.1) is 0 Å². The molecule has 0 radical (unpaired) electrons. The lowest BCUT2D eigenvalue weighted by Gasteiger charge is -2.47. The Bertz CT molecular complexity index is 652. The predicted molar refractivity (Wildman–Crippen MR) is 110 cm³/mol. The molecule has 2 rings (SSSR count). The third-order valence-electron chi connectivity index (χ3n) is 5.68. The summed E-state index contributed by atoms with van der Waals surface area (Å²) in [5, 5.41) is 71.9. The van der Waals surface area contributed by atoms with Crippen LogP contribution in [0.4, 0.5) is 0 Å². The maximum atomic E-state index is 11.6. The van der Waals surface area contributed by atoms with Crippen LogP contribution in [0.1, 0.15) is 32.6 Å². The Morgan fingerprint density at radius 2 is 1.47 bits per heavy atom. The highest BCUT2D eigenvalue weighted by Gasteiger charge is 2.51. The van der Waals surface area contributed by atoms with Gasteiger partial charge >= 0.3 is 5.97 Å². The molecule has 0 unspecified atom stereocenters. The Morgan fingerprint density at radius 3 is 2.06 bits per heavy atom. The Morgan fingerprint density at radius 1 is 0.853 bits per heavy atom. The van der Waals surface area contributed by atoms with E-state index >= 15 is 0 Å². The van der Waals surface area contributed by atoms with Crippen molar-refractivity contribution in [2.24, 2.45) is 0 Å². The fraction of sp³-hybridized carbons (Fsp3) is 0.900. The molecule has 0 saturated carbocycles. The number of carboxylic acids is 1. The normalized spacial score (nSPS) is 38.4. The summed E-state index contributed by atoms with van der Waals surface area (Å²) >= 11 is 0. The van der Waals surface area contributed by atoms with E-state index < -0.39 is 86.4 Å². The molecule has 34 heavy (non-hydrogen) atoms. The van der Waals surface area contributed by atoms with E-state index in [1.165, 1.54) is 0 Å². The third kappa shape index (κ3) is 7.52. The molecule has 8 N–H and O–H groups in total. The topological polar surface area (TPSA) is 225 Å². The van der Waals surface area contributed by atoms with Crippen LogP contribution in [0.25, 0.3) is 0 Å². The van der Waals surface area contributed by atoms with Gasteiger partial charge in [-0.05, 0) is 12.8 Å². The van der Waals surface area contributed by atoms with Gasteiger partial charge in [-0.1, -0.05) is 6.42 Å². The quantitative estimate of drug-likeness (QED) is 0.122. The zero-order chi connectivity index (χ0) is 25.4. The lowest BCUT2D eigenvalue weighted by atomic mass is 9.95. The van der Waals surface area contributed by atoms with Gasteiger partial charge in [0.25, 0.3) is 0 Å². The maximum Gasteiger partial charge on any atom is 0.303 e. The fourth-order valence-electron chi connectivity index (χ4n) is 3.85. The molecule has 0 aromatic carbocycles. The summed E-state index contributed by atoms with van der Waals surface area (Å²) in [6, 6.07) is -1.31. The van der Waals surface area contributed by atoms with Crippen LogP contribution < -0.4 is 5.32 Å². The second kappa shape index (κ2) is 13.6. The van der Waals surface area contributed by atoms with Crippen molar-refractivity contribution in [3.05, 3.63) is 0 Å². The zero-order valence-electron chi connectivity index (χ0n) is 18.8. The number of ether oxygens (including phenoxy) is 4. The Kier molecular flexibility index (Phi) is 11.5. The number of aliphatic hydroxyl groups is 6. The molecular formula is C20H35NO13. The van der Waals surface area contributed by atoms with Crippen molar-refractivity contribution in [1.29, 1.82) is 0 Å². The number of rotatable bonds is 12. The molecule has 2 aliphatic heterocycles. The van der Waals surface area contributed by atoms with Gasteiger partial charge in [-0.3, -0.25) is 9.59 Å². The SMILES string of the molecule is CC(=O)N[C@H]1[C@H](O[C@H]2[C@@H](O)[C@@H](CO)O[C@@H](OCCCCCC(=O)O)[C@@H]2O)O[C@H](CO)[C@@H](O)[C@@H]1O. The van der Waals surface area contributed by atoms with E-state index in [0.717, 1.165) is 6.92 Å². The van der Waals surface area contributed by atoms with Crippen molar-refractivity contribution < 1.29 is 64.3 Å². The first kappa shape index (κ1) is 28.8. The van der Waals surface area contributed by atoms with E-state index in [4.69, 9.17) is 24.1 Å². The van der Waals surface area contributed by atoms with Crippen LogP contribution in [-0.4, -0.2) is 129 Å². The molecule has 2 fully saturated rings. The van der Waals surface area contributed by atoms with E-state index in [9.17, 15) is 40.2 Å². The molecule has 0 aliphatic carbocycles. The largest absolute Gasteiger partial charge is 0.481 e. The highest BCUT2D eigenvalue weighted by molar-refractivity contribution is 5.73. The van der Waals surface area contributed by atoms with Gasteiger partial charge in [-0.25, -0.2) is 0 Å². The van der Waals surface area contributed by atoms with Crippen LogP contribution in [0.5, 0.6) is 0 Å². The number of unbranched alkanes of at least 4 members (excludes halogenated alkanes) is 2. The van der Waals surface area contributed by atoms with Gasteiger partial charge in [-0.15, -0.1) is 0 Å². The third-order valence-corrected chi connectivity index (χ3v) is 5.68. The number of nitrogens with one attached hydrogen (secondary N) is 1. The van der Waals surface area contributed by atoms with E-state index in [0.29, 0.717) is 19.3 Å². The summed E-state index contributed by atoms with van der Waals surface area (Å²) < 4.78 is 22.1. The lowest BCUT2D eigenvalue weighted by Crippen LogP contribution is -2.67. The summed E-state index contributed by atoms with van der Waals surface area (Å²) in [5.74, 6) is -1.49. The molecule has 1 amide bonds. The number of amides is 1. The summed E-state index contributed by atoms with van der Waals surface area (Å²) in [4.78, 5) is 22.2. The number of hydrogen-bond donors (Lipinski definition) is 8. The highest BCUT2D eigenvalue weighted by Crippen LogP contribution is 2.29. The van der Waals surface area contributed by atoms with E-state index in [1.807, 2.05) is 0 Å². The molecule has 0 aromatic heterocycles. The number of hydrogen-bond acceptors (Lipinski definition) is 12. The van der Waals surface area contributed by atoms with E-state index in [-0.39, 0.29) is 13.0 Å². The molecule has 198 valence electrons. The first-order valence-electron chi connectivity index (χ1n) is 11.1. The Hall–Kier alpha value is -1.46. The van der Waals surface area contributed by atoms with Crippen molar-refractivity contribution in [2.45, 2.75) is 94.0 Å². The summed E-state index contributed by atoms with van der Waals surface area (Å²) in [6.45, 7) is -0.0765. The fourth-order valence-corrected chi connectivity index (χ4v) is 3.85. The van der Waals surface area contributed by atoms with Gasteiger partial charge in [-0.2, -0.15) is 0 Å². The van der Waals surface area contributed by atoms with Crippen molar-refractivity contribution in [3.63, 3.8) is 0 Å². The van der Waals surface area contributed by atoms with Crippen LogP contribution >= 0.6 is 0 Å². The molecule has 0 spiro atoms. The average Bonchev–Trinajstić information content (AvgIpc) is 2.78. The smallest absolute Gasteiger partial charge is 0.303 e. The second-order valence-electron chi connectivity index (χ2n) is 8.32. The molecule has 2 saturated heterocycles. The van der Waals surface area contributed by atoms with E-state index in [1.54, 1.807) is 0 Å². The van der Waals surface area contributed by atoms with Crippen LogP contribution in [0.2, 0.25) is 0 Å². The summed E-state index contributed by atoms with van der Waals surface area (Å²) in [6.07, 6.45) is -11.6. The molecule has 14 nitrogen and oxygen atoms in total. The Balaban J connectivity index is 2.08. The minimum atomic E-state index is -1.60. The first-order valence-corrected chi connectivity index (χ1v) is 11.1. The van der Waals surface area contributed by atoms with Gasteiger partial charge in [0.2, 0.25) is 5.91 Å². The number of aliphatic hydroxyl groups excluding tert-OH is 6. The van der Waals surface area contributed by atoms with Crippen LogP contribution in [0.15, 0.2) is 0 Å². The molecule has 10 atom stereocenters. The predicted octanol–water partition coefficient (Wildman–Crippen LogP) is -3.58. The number of carbonyl (C=O) groups excluding carboxylic acids is 1. The van der Waals surface area contributed by atoms with Crippen molar-refractivity contribution in [2.75, 3.05) is 19.8 Å². The standard InChI is InChI=1S/C20H35NO13/c1-9(24)21-13-16(29)14(27)10(7-22)32-19(13)34-18-15(28)11(8-23)33-20(17(18)30)31-6-4-2-3-5-12(25)26/h10-11,13-20,22-23,27-30H,2-8H2,1H3,(H,21,24)(H,25,26)/t10-,11-,13-,14-,15+,16-,17-,18+,19+,20-/m1/s1. The van der Waals surface area contributed by atoms with Crippen molar-refractivity contribution in [1.82, 2.24) is 5.32 Å². The van der Waals surface area contributed by atoms with Gasteiger partial charge in [0.05, 0.1) is 13.2 Å². The summed E-state index contributed by atoms with van der Waals surface area (Å²) in [7, 11) is 0. The lowest BCUT2D eigenvalue weighted by molar-refractivity contribution is -0.347. The van der Waals surface area contributed by atoms with Crippen molar-refractivity contribution in [3.8, 4) is 0 Å². The molecular weight excluding hydrogens is 462 g/mol. The molecule has 14 heteroatoms. The van der Waals surface area contributed by atoms with Crippen LogP contribution in [-0.2, 0) is 28.5 Å². The minimum absolute atomic E-state index is 0.0173. The molecule has 2 heterocycles. The molecule has 0 aromatic rings. The van der Waals surface area contributed by atoms with Crippen molar-refractivity contribution >= 4 is 11.9 Å². The number of carboxylic acid groups (broad SMARTS) is 1. The maximum absolute atomic E-state index is 11.6.